The van der Waals surface area contributed by atoms with Crippen molar-refractivity contribution >= 4 is 39.0 Å². The van der Waals surface area contributed by atoms with Crippen LogP contribution in [0, 0.1) is 18.8 Å². The molecule has 3 aromatic rings. The Kier molecular flexibility index (Phi) is 11.8. The van der Waals surface area contributed by atoms with Crippen molar-refractivity contribution < 1.29 is 23.1 Å². The number of aryl methyl sites for hydroxylation is 1. The van der Waals surface area contributed by atoms with Crippen LogP contribution < -0.4 is 11.1 Å². The number of carbonyl (C=O) groups excluding carboxylic acids is 2. The number of aliphatic hydroxyl groups excluding tert-OH is 1. The summed E-state index contributed by atoms with van der Waals surface area (Å²) in [6, 6.07) is 13.5. The summed E-state index contributed by atoms with van der Waals surface area (Å²) in [6.45, 7) is 10.6. The molecule has 0 aliphatic carbocycles. The molecule has 11 nitrogen and oxygen atoms in total. The van der Waals surface area contributed by atoms with Crippen LogP contribution in [-0.4, -0.2) is 88.9 Å². The fraction of sp³-hybridized carbons (Fsp3) is 0.485. The van der Waals surface area contributed by atoms with E-state index in [1.165, 1.54) is 39.9 Å². The molecule has 0 spiro atoms. The molecule has 3 atom stereocenters. The molecule has 13 heteroatoms. The van der Waals surface area contributed by atoms with E-state index in [0.29, 0.717) is 25.3 Å². The third-order valence-electron chi connectivity index (χ3n) is 7.95. The Morgan fingerprint density at radius 1 is 1.07 bits per heavy atom. The maximum Gasteiger partial charge on any atom is 0.321 e. The number of thiazole rings is 1. The van der Waals surface area contributed by atoms with E-state index < -0.39 is 34.1 Å². The molecule has 0 radical (unpaired) electrons. The average molecular weight is 671 g/mol. The highest BCUT2D eigenvalue weighted by atomic mass is 32.2. The van der Waals surface area contributed by atoms with Crippen LogP contribution in [0.5, 0.6) is 0 Å². The van der Waals surface area contributed by atoms with Gasteiger partial charge < -0.3 is 26.0 Å². The zero-order valence-corrected chi connectivity index (χ0v) is 28.8. The molecule has 0 saturated carbocycles. The predicted octanol–water partition coefficient (Wildman–Crippen LogP) is 3.73. The van der Waals surface area contributed by atoms with Crippen LogP contribution in [0.15, 0.2) is 64.9 Å². The number of nitrogen functional groups attached to an aromatic ring is 1. The largest absolute Gasteiger partial charge is 0.399 e. The third kappa shape index (κ3) is 8.84. The number of amides is 3. The normalized spacial score (nSPS) is 16.0. The number of hydrogen-bond acceptors (Lipinski definition) is 8. The van der Waals surface area contributed by atoms with E-state index in [1.807, 2.05) is 70.3 Å². The lowest BCUT2D eigenvalue weighted by Crippen LogP contribution is -2.57. The number of urea groups is 1. The van der Waals surface area contributed by atoms with Gasteiger partial charge in [0.15, 0.2) is 0 Å². The van der Waals surface area contributed by atoms with Gasteiger partial charge in [-0.3, -0.25) is 4.79 Å². The number of anilines is 1. The summed E-state index contributed by atoms with van der Waals surface area (Å²) in [5.41, 5.74) is 7.91. The van der Waals surface area contributed by atoms with E-state index in [1.54, 1.807) is 9.80 Å². The molecular formula is C33H46N6O5S2. The molecule has 1 aromatic heterocycles. The van der Waals surface area contributed by atoms with E-state index in [-0.39, 0.29) is 42.3 Å². The number of carbonyl (C=O) groups is 2. The highest BCUT2D eigenvalue weighted by molar-refractivity contribution is 7.89. The molecule has 4 rings (SSSR count). The Morgan fingerprint density at radius 3 is 2.33 bits per heavy atom. The lowest BCUT2D eigenvalue weighted by atomic mass is 9.97. The van der Waals surface area contributed by atoms with Crippen molar-refractivity contribution in [2.45, 2.75) is 70.7 Å². The molecular weight excluding hydrogens is 625 g/mol. The Balaban J connectivity index is 1.56. The number of nitrogens with two attached hydrogens (primary N) is 1. The second kappa shape index (κ2) is 15.4. The Hall–Kier alpha value is -3.52. The molecule has 0 unspecified atom stereocenters. The zero-order valence-electron chi connectivity index (χ0n) is 27.2. The molecule has 4 N–H and O–H groups in total. The molecule has 0 bridgehead atoms. The van der Waals surface area contributed by atoms with Gasteiger partial charge in [-0.15, -0.1) is 11.3 Å². The van der Waals surface area contributed by atoms with Crippen LogP contribution in [0.4, 0.5) is 10.5 Å². The minimum Gasteiger partial charge on any atom is -0.399 e. The predicted molar refractivity (Wildman–Crippen MR) is 181 cm³/mol. The number of rotatable bonds is 15. The second-order valence-electron chi connectivity index (χ2n) is 12.6. The first-order valence-electron chi connectivity index (χ1n) is 15.6. The fourth-order valence-electron chi connectivity index (χ4n) is 5.71. The number of nitrogens with one attached hydrogen (secondary N) is 1. The van der Waals surface area contributed by atoms with Crippen molar-refractivity contribution in [3.05, 3.63) is 76.2 Å². The van der Waals surface area contributed by atoms with Gasteiger partial charge in [-0.2, -0.15) is 4.31 Å². The first-order valence-corrected chi connectivity index (χ1v) is 17.9. The van der Waals surface area contributed by atoms with Gasteiger partial charge >= 0.3 is 6.03 Å². The molecule has 46 heavy (non-hydrogen) atoms. The molecule has 1 aliphatic rings. The van der Waals surface area contributed by atoms with Crippen LogP contribution >= 0.6 is 11.3 Å². The van der Waals surface area contributed by atoms with Crippen molar-refractivity contribution in [3.8, 4) is 0 Å². The summed E-state index contributed by atoms with van der Waals surface area (Å²) >= 11 is 1.53. The fourth-order valence-corrected chi connectivity index (χ4v) is 7.93. The quantitative estimate of drug-likeness (QED) is 0.209. The van der Waals surface area contributed by atoms with Crippen LogP contribution in [-0.2, 0) is 27.8 Å². The smallest absolute Gasteiger partial charge is 0.321 e. The van der Waals surface area contributed by atoms with Gasteiger partial charge in [-0.25, -0.2) is 18.2 Å². The van der Waals surface area contributed by atoms with Gasteiger partial charge in [0.25, 0.3) is 0 Å². The lowest BCUT2D eigenvalue weighted by molar-refractivity contribution is -0.128. The van der Waals surface area contributed by atoms with E-state index in [4.69, 9.17) is 5.73 Å². The van der Waals surface area contributed by atoms with Gasteiger partial charge in [0, 0.05) is 37.2 Å². The Morgan fingerprint density at radius 2 is 1.74 bits per heavy atom. The van der Waals surface area contributed by atoms with Crippen molar-refractivity contribution in [2.24, 2.45) is 11.8 Å². The summed E-state index contributed by atoms with van der Waals surface area (Å²) < 4.78 is 28.7. The summed E-state index contributed by atoms with van der Waals surface area (Å²) in [4.78, 5) is 35.4. The third-order valence-corrected chi connectivity index (χ3v) is 10.6. The summed E-state index contributed by atoms with van der Waals surface area (Å²) in [6.07, 6.45) is -0.989. The van der Waals surface area contributed by atoms with E-state index in [2.05, 4.69) is 10.3 Å². The zero-order chi connectivity index (χ0) is 33.6. The number of benzene rings is 2. The van der Waals surface area contributed by atoms with Crippen molar-refractivity contribution in [3.63, 3.8) is 0 Å². The van der Waals surface area contributed by atoms with Gasteiger partial charge in [-0.05, 0) is 55.0 Å². The highest BCUT2D eigenvalue weighted by Crippen LogP contribution is 2.23. The van der Waals surface area contributed by atoms with Crippen molar-refractivity contribution in [1.82, 2.24) is 24.4 Å². The van der Waals surface area contributed by atoms with Crippen molar-refractivity contribution in [2.75, 3.05) is 31.9 Å². The van der Waals surface area contributed by atoms with E-state index in [0.717, 1.165) is 16.3 Å². The van der Waals surface area contributed by atoms with Gasteiger partial charge in [0.05, 0.1) is 34.3 Å². The van der Waals surface area contributed by atoms with Gasteiger partial charge in [-0.1, -0.05) is 58.0 Å². The highest BCUT2D eigenvalue weighted by Gasteiger charge is 2.40. The molecule has 1 saturated heterocycles. The SMILES string of the molecule is Cc1nc(CN2CCN([C@H](C(=O)N[C@@H](Cc3ccccc3)[C@@H](O)CN(CC(C)C)S(=O)(=O)c3ccc(N)cc3)C(C)C)C2=O)cs1. The topological polar surface area (TPSA) is 149 Å². The molecule has 1 aliphatic heterocycles. The van der Waals surface area contributed by atoms with Gasteiger partial charge in [0.2, 0.25) is 15.9 Å². The number of aromatic nitrogens is 1. The van der Waals surface area contributed by atoms with E-state index >= 15 is 0 Å². The number of sulfonamides is 1. The Bertz CT molecular complexity index is 1560. The molecule has 2 heterocycles. The molecule has 1 fully saturated rings. The lowest BCUT2D eigenvalue weighted by Gasteiger charge is -2.34. The van der Waals surface area contributed by atoms with Crippen LogP contribution in [0.2, 0.25) is 0 Å². The first kappa shape index (κ1) is 35.3. The summed E-state index contributed by atoms with van der Waals surface area (Å²) in [5.74, 6) is -0.643. The Labute approximate surface area is 276 Å². The van der Waals surface area contributed by atoms with Crippen LogP contribution in [0.25, 0.3) is 0 Å². The standard InChI is InChI=1S/C33H46N6O5S2/c1-22(2)18-38(46(43,44)28-13-11-26(34)12-14-28)20-30(40)29(17-25-9-7-6-8-10-25)36-32(41)31(23(3)4)39-16-15-37(33(39)42)19-27-21-45-24(5)35-27/h6-14,21-23,29-31,40H,15-20,34H2,1-5H3,(H,36,41)/t29-,30-,31-/m0/s1. The monoisotopic (exact) mass is 670 g/mol. The molecule has 3 amide bonds. The maximum absolute atomic E-state index is 14.0. The minimum atomic E-state index is -3.98. The second-order valence-corrected chi connectivity index (χ2v) is 15.6. The minimum absolute atomic E-state index is 0.0273. The number of aliphatic hydroxyl groups is 1. The number of nitrogens with zero attached hydrogens (tertiary/aromatic N) is 4. The maximum atomic E-state index is 14.0. The summed E-state index contributed by atoms with van der Waals surface area (Å²) in [5, 5.41) is 17.5. The van der Waals surface area contributed by atoms with Crippen LogP contribution in [0.3, 0.4) is 0 Å². The van der Waals surface area contributed by atoms with Crippen molar-refractivity contribution in [1.29, 1.82) is 0 Å². The average Bonchev–Trinajstić information content (AvgIpc) is 3.57. The molecule has 250 valence electrons. The van der Waals surface area contributed by atoms with Crippen LogP contribution in [0.1, 0.15) is 44.0 Å². The molecule has 2 aromatic carbocycles. The van der Waals surface area contributed by atoms with Gasteiger partial charge in [0.1, 0.15) is 6.04 Å². The summed E-state index contributed by atoms with van der Waals surface area (Å²) in [7, 11) is -3.98. The first-order chi connectivity index (χ1) is 21.8. The number of hydrogen-bond donors (Lipinski definition) is 3. The van der Waals surface area contributed by atoms with E-state index in [9.17, 15) is 23.1 Å².